The van der Waals surface area contributed by atoms with Gasteiger partial charge in [-0.25, -0.2) is 4.39 Å². The van der Waals surface area contributed by atoms with Gasteiger partial charge in [0.2, 0.25) is 0 Å². The van der Waals surface area contributed by atoms with Gasteiger partial charge in [-0.1, -0.05) is 37.6 Å². The van der Waals surface area contributed by atoms with Crippen molar-refractivity contribution in [1.29, 1.82) is 0 Å². The lowest BCUT2D eigenvalue weighted by Crippen LogP contribution is -2.51. The third-order valence-electron chi connectivity index (χ3n) is 4.04. The first-order valence-corrected chi connectivity index (χ1v) is 7.07. The van der Waals surface area contributed by atoms with Crippen molar-refractivity contribution in [2.75, 3.05) is 14.2 Å². The predicted molar refractivity (Wildman–Crippen MR) is 78.3 cm³/mol. The molecular weight excluding hydrogens is 265 g/mol. The van der Waals surface area contributed by atoms with E-state index in [0.717, 1.165) is 12.8 Å². The summed E-state index contributed by atoms with van der Waals surface area (Å²) in [6.45, 7) is 4.18. The summed E-state index contributed by atoms with van der Waals surface area (Å²) >= 11 is 5.83. The number of likely N-dealkylation sites (N-methyl/N-ethyl adjacent to an activating group) is 1. The quantitative estimate of drug-likeness (QED) is 0.823. The summed E-state index contributed by atoms with van der Waals surface area (Å²) in [6.07, 6.45) is 2.29. The van der Waals surface area contributed by atoms with Gasteiger partial charge in [0.1, 0.15) is 5.82 Å². The Morgan fingerprint density at radius 2 is 2.00 bits per heavy atom. The molecule has 0 aliphatic rings. The van der Waals surface area contributed by atoms with E-state index < -0.39 is 0 Å². The Morgan fingerprint density at radius 1 is 1.37 bits per heavy atom. The van der Waals surface area contributed by atoms with Crippen LogP contribution < -0.4 is 5.32 Å². The second kappa shape index (κ2) is 7.22. The fourth-order valence-corrected chi connectivity index (χ4v) is 2.84. The second-order valence-electron chi connectivity index (χ2n) is 4.73. The van der Waals surface area contributed by atoms with E-state index in [1.807, 2.05) is 7.05 Å². The largest absolute Gasteiger partial charge is 0.377 e. The molecule has 0 aliphatic carbocycles. The minimum Gasteiger partial charge on any atom is -0.377 e. The third kappa shape index (κ3) is 3.47. The number of nitrogens with one attached hydrogen (secondary N) is 1. The van der Waals surface area contributed by atoms with Gasteiger partial charge in [0.15, 0.2) is 0 Å². The maximum atomic E-state index is 14.0. The van der Waals surface area contributed by atoms with E-state index in [4.69, 9.17) is 16.3 Å². The van der Waals surface area contributed by atoms with E-state index in [-0.39, 0.29) is 22.5 Å². The van der Waals surface area contributed by atoms with Gasteiger partial charge in [-0.3, -0.25) is 0 Å². The number of hydrogen-bond donors (Lipinski definition) is 1. The van der Waals surface area contributed by atoms with Crippen LogP contribution in [0.5, 0.6) is 0 Å². The van der Waals surface area contributed by atoms with Crippen LogP contribution in [-0.4, -0.2) is 25.8 Å². The molecule has 0 radical (unpaired) electrons. The predicted octanol–water partition coefficient (Wildman–Crippen LogP) is 3.81. The molecule has 0 saturated carbocycles. The van der Waals surface area contributed by atoms with Crippen molar-refractivity contribution >= 4 is 11.6 Å². The van der Waals surface area contributed by atoms with Gasteiger partial charge in [-0.05, 0) is 37.9 Å². The van der Waals surface area contributed by atoms with Crippen LogP contribution in [0.4, 0.5) is 4.39 Å². The monoisotopic (exact) mass is 287 g/mol. The van der Waals surface area contributed by atoms with Crippen molar-refractivity contribution in [2.24, 2.45) is 0 Å². The first-order valence-electron chi connectivity index (χ1n) is 6.69. The van der Waals surface area contributed by atoms with Crippen LogP contribution in [0.25, 0.3) is 0 Å². The highest BCUT2D eigenvalue weighted by atomic mass is 35.5. The number of halogens is 2. The normalized spacial score (nSPS) is 13.6. The second-order valence-corrected chi connectivity index (χ2v) is 5.14. The van der Waals surface area contributed by atoms with Gasteiger partial charge in [0, 0.05) is 13.2 Å². The molecule has 1 aromatic rings. The molecule has 2 nitrogen and oxygen atoms in total. The standard InChI is InChI=1S/C15H23ClFNO/c1-5-15(6-2,19-4)13(18-3)10-11-8-7-9-12(16)14(11)17/h7-9,13,18H,5-6,10H2,1-4H3. The van der Waals surface area contributed by atoms with Crippen LogP contribution in [0.3, 0.4) is 0 Å². The zero-order valence-electron chi connectivity index (χ0n) is 12.1. The average molecular weight is 288 g/mol. The van der Waals surface area contributed by atoms with Crippen molar-refractivity contribution in [3.05, 3.63) is 34.6 Å². The molecule has 1 rings (SSSR count). The molecule has 0 amide bonds. The van der Waals surface area contributed by atoms with Gasteiger partial charge in [0.25, 0.3) is 0 Å². The van der Waals surface area contributed by atoms with Gasteiger partial charge in [-0.2, -0.15) is 0 Å². The molecule has 0 bridgehead atoms. The highest BCUT2D eigenvalue weighted by Gasteiger charge is 2.35. The number of methoxy groups -OCH3 is 1. The van der Waals surface area contributed by atoms with Crippen molar-refractivity contribution in [1.82, 2.24) is 5.32 Å². The molecule has 0 aliphatic heterocycles. The number of benzene rings is 1. The molecule has 19 heavy (non-hydrogen) atoms. The Balaban J connectivity index is 3.02. The molecule has 1 N–H and O–H groups in total. The molecule has 0 saturated heterocycles. The molecule has 0 spiro atoms. The fourth-order valence-electron chi connectivity index (χ4n) is 2.65. The molecule has 108 valence electrons. The number of hydrogen-bond acceptors (Lipinski definition) is 2. The number of rotatable bonds is 7. The maximum Gasteiger partial charge on any atom is 0.145 e. The molecule has 0 fully saturated rings. The Labute approximate surface area is 120 Å². The zero-order valence-corrected chi connectivity index (χ0v) is 12.9. The van der Waals surface area contributed by atoms with Crippen molar-refractivity contribution in [3.63, 3.8) is 0 Å². The van der Waals surface area contributed by atoms with E-state index in [2.05, 4.69) is 19.2 Å². The fraction of sp³-hybridized carbons (Fsp3) is 0.600. The van der Waals surface area contributed by atoms with Crippen LogP contribution in [0, 0.1) is 5.82 Å². The maximum absolute atomic E-state index is 14.0. The number of ether oxygens (including phenoxy) is 1. The minimum atomic E-state index is -0.332. The molecule has 1 unspecified atom stereocenters. The summed E-state index contributed by atoms with van der Waals surface area (Å²) < 4.78 is 19.7. The van der Waals surface area contributed by atoms with Crippen LogP contribution in [-0.2, 0) is 11.2 Å². The highest BCUT2D eigenvalue weighted by Crippen LogP contribution is 2.28. The molecular formula is C15H23ClFNO. The lowest BCUT2D eigenvalue weighted by Gasteiger charge is -2.38. The Hall–Kier alpha value is -0.640. The molecule has 1 atom stereocenters. The third-order valence-corrected chi connectivity index (χ3v) is 4.33. The van der Waals surface area contributed by atoms with E-state index in [0.29, 0.717) is 12.0 Å². The van der Waals surface area contributed by atoms with Crippen molar-refractivity contribution in [2.45, 2.75) is 44.8 Å². The van der Waals surface area contributed by atoms with E-state index in [1.54, 1.807) is 25.3 Å². The van der Waals surface area contributed by atoms with Crippen LogP contribution in [0.15, 0.2) is 18.2 Å². The average Bonchev–Trinajstić information content (AvgIpc) is 2.44. The van der Waals surface area contributed by atoms with Gasteiger partial charge >= 0.3 is 0 Å². The summed E-state index contributed by atoms with van der Waals surface area (Å²) in [5, 5.41) is 3.43. The van der Waals surface area contributed by atoms with Gasteiger partial charge in [0.05, 0.1) is 10.6 Å². The SMILES string of the molecule is CCC(CC)(OC)C(Cc1cccc(Cl)c1F)NC. The van der Waals surface area contributed by atoms with E-state index in [9.17, 15) is 4.39 Å². The molecule has 0 aromatic heterocycles. The Bertz CT molecular complexity index is 399. The first-order chi connectivity index (χ1) is 9.04. The molecule has 4 heteroatoms. The lowest BCUT2D eigenvalue weighted by atomic mass is 9.84. The molecule has 1 aromatic carbocycles. The summed E-state index contributed by atoms with van der Waals surface area (Å²) in [5.41, 5.74) is 0.332. The zero-order chi connectivity index (χ0) is 14.5. The van der Waals surface area contributed by atoms with Crippen LogP contribution >= 0.6 is 11.6 Å². The van der Waals surface area contributed by atoms with Crippen LogP contribution in [0.2, 0.25) is 5.02 Å². The van der Waals surface area contributed by atoms with Crippen molar-refractivity contribution < 1.29 is 9.13 Å². The van der Waals surface area contributed by atoms with E-state index in [1.165, 1.54) is 0 Å². The van der Waals surface area contributed by atoms with Crippen LogP contribution in [0.1, 0.15) is 32.3 Å². The smallest absolute Gasteiger partial charge is 0.145 e. The van der Waals surface area contributed by atoms with Gasteiger partial charge < -0.3 is 10.1 Å². The topological polar surface area (TPSA) is 21.3 Å². The minimum absolute atomic E-state index is 0.0421. The van der Waals surface area contributed by atoms with Crippen molar-refractivity contribution in [3.8, 4) is 0 Å². The molecule has 0 heterocycles. The summed E-state index contributed by atoms with van der Waals surface area (Å²) in [7, 11) is 3.60. The van der Waals surface area contributed by atoms with E-state index >= 15 is 0 Å². The first kappa shape index (κ1) is 16.4. The summed E-state index contributed by atoms with van der Waals surface area (Å²) in [4.78, 5) is 0. The van der Waals surface area contributed by atoms with Gasteiger partial charge in [-0.15, -0.1) is 0 Å². The Morgan fingerprint density at radius 3 is 2.47 bits per heavy atom. The highest BCUT2D eigenvalue weighted by molar-refractivity contribution is 6.30. The Kier molecular flexibility index (Phi) is 6.24. The lowest BCUT2D eigenvalue weighted by molar-refractivity contribution is -0.0456. The summed E-state index contributed by atoms with van der Waals surface area (Å²) in [5.74, 6) is -0.332. The summed E-state index contributed by atoms with van der Waals surface area (Å²) in [6, 6.07) is 5.16.